The number of amides is 1. The van der Waals surface area contributed by atoms with Crippen LogP contribution in [-0.2, 0) is 9.53 Å². The highest BCUT2D eigenvalue weighted by Gasteiger charge is 2.33. The molecule has 5 heteroatoms. The minimum Gasteiger partial charge on any atom is -0.420 e. The molecule has 174 valence electrons. The molecule has 1 fully saturated rings. The molecule has 1 aliphatic rings. The Balaban J connectivity index is 1.66. The van der Waals surface area contributed by atoms with Crippen LogP contribution in [0.15, 0.2) is 83.5 Å². The molecular formula is C29H31N3O2. The lowest BCUT2D eigenvalue weighted by Crippen LogP contribution is -2.30. The van der Waals surface area contributed by atoms with Gasteiger partial charge >= 0.3 is 6.02 Å². The van der Waals surface area contributed by atoms with Crippen LogP contribution in [0.1, 0.15) is 37.5 Å². The number of hydrogen-bond acceptors (Lipinski definition) is 4. The Morgan fingerprint density at radius 1 is 0.853 bits per heavy atom. The number of hydrogen-bond donors (Lipinski definition) is 0. The van der Waals surface area contributed by atoms with E-state index in [0.717, 1.165) is 22.6 Å². The fourth-order valence-electron chi connectivity index (χ4n) is 3.81. The van der Waals surface area contributed by atoms with Crippen molar-refractivity contribution in [2.75, 3.05) is 11.4 Å². The Bertz CT molecular complexity index is 1160. The first-order valence-electron chi connectivity index (χ1n) is 11.7. The summed E-state index contributed by atoms with van der Waals surface area (Å²) in [5.74, 6) is 0.134. The SMILES string of the molecule is CCN1C(=O)/C(=C\c2ccc(N(c3ccc(C)cc3)c3ccc(C)cc3)cc2)O/C1=N/C(C)C. The van der Waals surface area contributed by atoms with E-state index in [2.05, 4.69) is 84.4 Å². The number of aryl methyl sites for hydroxylation is 2. The third kappa shape index (κ3) is 5.04. The molecule has 34 heavy (non-hydrogen) atoms. The van der Waals surface area contributed by atoms with E-state index < -0.39 is 0 Å². The Hall–Kier alpha value is -3.86. The Morgan fingerprint density at radius 3 is 1.76 bits per heavy atom. The molecule has 1 amide bonds. The molecule has 0 bridgehead atoms. The molecule has 0 atom stereocenters. The minimum atomic E-state index is -0.160. The third-order valence-corrected chi connectivity index (χ3v) is 5.61. The third-order valence-electron chi connectivity index (χ3n) is 5.61. The first kappa shape index (κ1) is 23.3. The number of rotatable bonds is 6. The van der Waals surface area contributed by atoms with Crippen molar-refractivity contribution in [2.45, 2.75) is 40.7 Å². The van der Waals surface area contributed by atoms with Gasteiger partial charge in [0.15, 0.2) is 5.76 Å². The molecule has 3 aromatic rings. The summed E-state index contributed by atoms with van der Waals surface area (Å²) >= 11 is 0. The number of nitrogens with zero attached hydrogens (tertiary/aromatic N) is 3. The quantitative estimate of drug-likeness (QED) is 0.388. The van der Waals surface area contributed by atoms with Crippen molar-refractivity contribution in [1.29, 1.82) is 0 Å². The predicted octanol–water partition coefficient (Wildman–Crippen LogP) is 6.76. The second kappa shape index (κ2) is 9.96. The number of ether oxygens (including phenoxy) is 1. The zero-order chi connectivity index (χ0) is 24.2. The molecule has 0 radical (unpaired) electrons. The maximum Gasteiger partial charge on any atom is 0.300 e. The summed E-state index contributed by atoms with van der Waals surface area (Å²) in [4.78, 5) is 21.0. The number of benzene rings is 3. The second-order valence-corrected chi connectivity index (χ2v) is 8.76. The zero-order valence-corrected chi connectivity index (χ0v) is 20.4. The van der Waals surface area contributed by atoms with Gasteiger partial charge in [0.1, 0.15) is 0 Å². The van der Waals surface area contributed by atoms with Crippen LogP contribution in [0.4, 0.5) is 17.1 Å². The molecular weight excluding hydrogens is 422 g/mol. The van der Waals surface area contributed by atoms with Gasteiger partial charge in [0.05, 0.1) is 0 Å². The van der Waals surface area contributed by atoms with Crippen LogP contribution < -0.4 is 4.90 Å². The number of carbonyl (C=O) groups is 1. The first-order chi connectivity index (χ1) is 16.4. The van der Waals surface area contributed by atoms with E-state index in [1.165, 1.54) is 11.1 Å². The maximum absolute atomic E-state index is 12.8. The summed E-state index contributed by atoms with van der Waals surface area (Å²) in [6.07, 6.45) is 1.78. The van der Waals surface area contributed by atoms with Gasteiger partial charge in [-0.15, -0.1) is 0 Å². The monoisotopic (exact) mass is 453 g/mol. The highest BCUT2D eigenvalue weighted by molar-refractivity contribution is 6.11. The van der Waals surface area contributed by atoms with Gasteiger partial charge < -0.3 is 9.64 Å². The number of amidine groups is 1. The highest BCUT2D eigenvalue weighted by Crippen LogP contribution is 2.35. The summed E-state index contributed by atoms with van der Waals surface area (Å²) in [7, 11) is 0. The fraction of sp³-hybridized carbons (Fsp3) is 0.241. The van der Waals surface area contributed by atoms with Crippen LogP contribution >= 0.6 is 0 Å². The number of carbonyl (C=O) groups excluding carboxylic acids is 1. The molecule has 0 unspecified atom stereocenters. The molecule has 0 aliphatic carbocycles. The molecule has 3 aromatic carbocycles. The Morgan fingerprint density at radius 2 is 1.32 bits per heavy atom. The molecule has 5 nitrogen and oxygen atoms in total. The number of aliphatic imine (C=N–C) groups is 1. The number of anilines is 3. The van der Waals surface area contributed by atoms with Crippen LogP contribution in [0.3, 0.4) is 0 Å². The van der Waals surface area contributed by atoms with Gasteiger partial charge in [-0.05, 0) is 82.7 Å². The van der Waals surface area contributed by atoms with E-state index in [4.69, 9.17) is 4.74 Å². The smallest absolute Gasteiger partial charge is 0.300 e. The van der Waals surface area contributed by atoms with Crippen LogP contribution in [0, 0.1) is 13.8 Å². The lowest BCUT2D eigenvalue weighted by molar-refractivity contribution is -0.122. The molecule has 4 rings (SSSR count). The van der Waals surface area contributed by atoms with Crippen molar-refractivity contribution in [2.24, 2.45) is 4.99 Å². The minimum absolute atomic E-state index is 0.0463. The van der Waals surface area contributed by atoms with E-state index in [-0.39, 0.29) is 11.9 Å². The van der Waals surface area contributed by atoms with Crippen molar-refractivity contribution in [3.05, 3.63) is 95.2 Å². The summed E-state index contributed by atoms with van der Waals surface area (Å²) < 4.78 is 5.81. The van der Waals surface area contributed by atoms with Crippen molar-refractivity contribution < 1.29 is 9.53 Å². The van der Waals surface area contributed by atoms with Gasteiger partial charge in [-0.2, -0.15) is 0 Å². The van der Waals surface area contributed by atoms with Gasteiger partial charge in [-0.3, -0.25) is 9.69 Å². The largest absolute Gasteiger partial charge is 0.420 e. The van der Waals surface area contributed by atoms with E-state index in [1.807, 2.05) is 32.9 Å². The van der Waals surface area contributed by atoms with Crippen molar-refractivity contribution in [1.82, 2.24) is 4.90 Å². The molecule has 1 heterocycles. The van der Waals surface area contributed by atoms with Gasteiger partial charge in [-0.25, -0.2) is 4.99 Å². The summed E-state index contributed by atoms with van der Waals surface area (Å²) in [5.41, 5.74) is 6.54. The highest BCUT2D eigenvalue weighted by atomic mass is 16.5. The Kier molecular flexibility index (Phi) is 6.82. The summed E-state index contributed by atoms with van der Waals surface area (Å²) in [6.45, 7) is 10.5. The normalized spacial score (nSPS) is 15.9. The van der Waals surface area contributed by atoms with E-state index in [1.54, 1.807) is 11.0 Å². The lowest BCUT2D eigenvalue weighted by atomic mass is 10.1. The fourth-order valence-corrected chi connectivity index (χ4v) is 3.81. The van der Waals surface area contributed by atoms with E-state index in [9.17, 15) is 4.79 Å². The van der Waals surface area contributed by atoms with Gasteiger partial charge in [-0.1, -0.05) is 47.5 Å². The van der Waals surface area contributed by atoms with Crippen LogP contribution in [-0.4, -0.2) is 29.4 Å². The van der Waals surface area contributed by atoms with Crippen molar-refractivity contribution in [3.63, 3.8) is 0 Å². The first-order valence-corrected chi connectivity index (χ1v) is 11.7. The lowest BCUT2D eigenvalue weighted by Gasteiger charge is -2.25. The topological polar surface area (TPSA) is 45.1 Å². The Labute approximate surface area is 202 Å². The van der Waals surface area contributed by atoms with Crippen LogP contribution in [0.2, 0.25) is 0 Å². The second-order valence-electron chi connectivity index (χ2n) is 8.76. The van der Waals surface area contributed by atoms with Crippen LogP contribution in [0.25, 0.3) is 6.08 Å². The van der Waals surface area contributed by atoms with Crippen molar-refractivity contribution in [3.8, 4) is 0 Å². The standard InChI is InChI=1S/C29H31N3O2/c1-6-31-28(33)27(34-29(31)30-20(2)3)19-23-11-17-26(18-12-23)32(24-13-7-21(4)8-14-24)25-15-9-22(5)10-16-25/h7-20H,6H2,1-5H3/b27-19+,30-29+. The molecule has 0 N–H and O–H groups in total. The molecule has 0 aromatic heterocycles. The summed E-state index contributed by atoms with van der Waals surface area (Å²) in [6, 6.07) is 25.5. The molecule has 1 aliphatic heterocycles. The molecule has 0 saturated carbocycles. The van der Waals surface area contributed by atoms with Gasteiger partial charge in [0.2, 0.25) is 0 Å². The van der Waals surface area contributed by atoms with E-state index >= 15 is 0 Å². The van der Waals surface area contributed by atoms with E-state index in [0.29, 0.717) is 18.3 Å². The van der Waals surface area contributed by atoms with Crippen molar-refractivity contribution >= 4 is 35.1 Å². The van der Waals surface area contributed by atoms with Crippen LogP contribution in [0.5, 0.6) is 0 Å². The number of likely N-dealkylation sites (N-methyl/N-ethyl adjacent to an activating group) is 1. The zero-order valence-electron chi connectivity index (χ0n) is 20.4. The summed E-state index contributed by atoms with van der Waals surface area (Å²) in [5, 5.41) is 0. The predicted molar refractivity (Wildman–Crippen MR) is 140 cm³/mol. The average molecular weight is 454 g/mol. The average Bonchev–Trinajstić information content (AvgIpc) is 3.10. The maximum atomic E-state index is 12.8. The van der Waals surface area contributed by atoms with Gasteiger partial charge in [0, 0.05) is 29.6 Å². The molecule has 1 saturated heterocycles. The molecule has 0 spiro atoms. The van der Waals surface area contributed by atoms with Gasteiger partial charge in [0.25, 0.3) is 5.91 Å².